The van der Waals surface area contributed by atoms with Crippen molar-refractivity contribution in [2.24, 2.45) is 0 Å². The third-order valence-electron chi connectivity index (χ3n) is 7.88. The molecule has 1 aromatic heterocycles. The van der Waals surface area contributed by atoms with E-state index in [1.807, 2.05) is 24.3 Å². The average Bonchev–Trinajstić information content (AvgIpc) is 3.11. The SMILES string of the molecule is CCCCCc1cc2c(C(COCCOCCOCCOCCOCCOCCN(C)CCCCC)C(=O)O)cccc2nc1N.O=C(O)C(F)(F)F. The molecule has 1 atom stereocenters. The molecular weight excluding hydrogens is 703 g/mol. The highest BCUT2D eigenvalue weighted by Crippen LogP contribution is 2.29. The largest absolute Gasteiger partial charge is 0.490 e. The van der Waals surface area contributed by atoms with Gasteiger partial charge in [0.15, 0.2) is 0 Å². The third-order valence-corrected chi connectivity index (χ3v) is 7.88. The Labute approximate surface area is 311 Å². The number of rotatable bonds is 30. The molecule has 1 unspecified atom stereocenters. The molecule has 0 saturated heterocycles. The van der Waals surface area contributed by atoms with Crippen molar-refractivity contribution < 1.29 is 61.4 Å². The summed E-state index contributed by atoms with van der Waals surface area (Å²) in [7, 11) is 2.13. The highest BCUT2D eigenvalue weighted by Gasteiger charge is 2.38. The van der Waals surface area contributed by atoms with E-state index in [0.717, 1.165) is 56.3 Å². The van der Waals surface area contributed by atoms with Gasteiger partial charge in [-0.1, -0.05) is 51.7 Å². The molecule has 0 bridgehead atoms. The minimum atomic E-state index is -5.08. The standard InChI is InChI=1S/C35H59N3O8.C2HF3O2/c1-4-6-8-11-29-27-31-30(12-10-13-33(31)37-34(29)36)32(35(39)40)28-46-26-25-45-24-23-44-22-21-43-20-19-42-18-17-41-16-15-38(3)14-9-7-5-2;3-2(4,5)1(6)7/h10,12-13,27,32H,4-9,11,14-26,28H2,1-3H3,(H2,36,37)(H,39,40);(H,6,7). The molecule has 1 aromatic carbocycles. The molecule has 0 saturated carbocycles. The fourth-order valence-electron chi connectivity index (χ4n) is 4.90. The molecule has 0 fully saturated rings. The predicted molar refractivity (Wildman–Crippen MR) is 195 cm³/mol. The number of carbonyl (C=O) groups is 2. The fraction of sp³-hybridized carbons (Fsp3) is 0.703. The first-order valence-electron chi connectivity index (χ1n) is 18.3. The number of unbranched alkanes of at least 4 members (excludes halogenated alkanes) is 4. The second-order valence-corrected chi connectivity index (χ2v) is 12.2. The monoisotopic (exact) mass is 763 g/mol. The summed E-state index contributed by atoms with van der Waals surface area (Å²) in [4.78, 5) is 27.9. The third kappa shape index (κ3) is 22.6. The quantitative estimate of drug-likeness (QED) is 0.0844. The average molecular weight is 764 g/mol. The number of nitrogen functional groups attached to an aromatic ring is 1. The van der Waals surface area contributed by atoms with Crippen molar-refractivity contribution in [1.82, 2.24) is 9.88 Å². The number of carboxylic acid groups (broad SMARTS) is 2. The van der Waals surface area contributed by atoms with Gasteiger partial charge < -0.3 is 49.3 Å². The number of aryl methyl sites for hydroxylation is 1. The fourth-order valence-corrected chi connectivity index (χ4v) is 4.90. The number of hydrogen-bond donors (Lipinski definition) is 3. The number of fused-ring (bicyclic) bond motifs is 1. The lowest BCUT2D eigenvalue weighted by molar-refractivity contribution is -0.192. The van der Waals surface area contributed by atoms with E-state index < -0.39 is 24.0 Å². The van der Waals surface area contributed by atoms with E-state index in [9.17, 15) is 23.1 Å². The number of pyridine rings is 1. The second kappa shape index (κ2) is 29.3. The number of nitrogens with zero attached hydrogens (tertiary/aromatic N) is 2. The molecule has 53 heavy (non-hydrogen) atoms. The van der Waals surface area contributed by atoms with Crippen LogP contribution in [0, 0.1) is 0 Å². The Hall–Kier alpha value is -3.12. The summed E-state index contributed by atoms with van der Waals surface area (Å²) in [5.41, 5.74) is 8.52. The molecule has 0 aliphatic heterocycles. The summed E-state index contributed by atoms with van der Waals surface area (Å²) in [6.45, 7) is 11.8. The topological polar surface area (TPSA) is 172 Å². The van der Waals surface area contributed by atoms with Crippen LogP contribution in [-0.4, -0.2) is 138 Å². The van der Waals surface area contributed by atoms with Crippen LogP contribution in [-0.2, 0) is 44.4 Å². The predicted octanol–water partition coefficient (Wildman–Crippen LogP) is 5.57. The summed E-state index contributed by atoms with van der Waals surface area (Å²) in [6, 6.07) is 7.49. The van der Waals surface area contributed by atoms with E-state index in [1.165, 1.54) is 19.3 Å². The molecule has 16 heteroatoms. The molecule has 0 aliphatic carbocycles. The number of halogens is 3. The van der Waals surface area contributed by atoms with E-state index in [-0.39, 0.29) is 13.2 Å². The van der Waals surface area contributed by atoms with Crippen LogP contribution in [0.5, 0.6) is 0 Å². The van der Waals surface area contributed by atoms with Crippen molar-refractivity contribution in [2.45, 2.75) is 70.9 Å². The number of benzene rings is 1. The number of carboxylic acids is 2. The molecule has 304 valence electrons. The van der Waals surface area contributed by atoms with E-state index >= 15 is 0 Å². The minimum Gasteiger partial charge on any atom is -0.481 e. The Morgan fingerprint density at radius 3 is 1.75 bits per heavy atom. The van der Waals surface area contributed by atoms with Gasteiger partial charge in [-0.15, -0.1) is 0 Å². The Morgan fingerprint density at radius 2 is 1.26 bits per heavy atom. The van der Waals surface area contributed by atoms with Crippen molar-refractivity contribution in [3.8, 4) is 0 Å². The first-order valence-corrected chi connectivity index (χ1v) is 18.3. The molecule has 0 radical (unpaired) electrons. The van der Waals surface area contributed by atoms with Crippen LogP contribution in [0.4, 0.5) is 19.0 Å². The Kier molecular flexibility index (Phi) is 26.4. The Morgan fingerprint density at radius 1 is 0.774 bits per heavy atom. The van der Waals surface area contributed by atoms with E-state index in [2.05, 4.69) is 30.8 Å². The lowest BCUT2D eigenvalue weighted by Gasteiger charge is -2.17. The number of likely N-dealkylation sites (N-methyl/N-ethyl adjacent to an activating group) is 1. The lowest BCUT2D eigenvalue weighted by atomic mass is 9.94. The van der Waals surface area contributed by atoms with Gasteiger partial charge >= 0.3 is 18.1 Å². The van der Waals surface area contributed by atoms with Crippen molar-refractivity contribution >= 4 is 28.7 Å². The zero-order valence-corrected chi connectivity index (χ0v) is 31.5. The van der Waals surface area contributed by atoms with Crippen LogP contribution in [0.25, 0.3) is 10.9 Å². The summed E-state index contributed by atoms with van der Waals surface area (Å²) in [6.07, 6.45) is 2.75. The number of hydrogen-bond acceptors (Lipinski definition) is 11. The van der Waals surface area contributed by atoms with Crippen LogP contribution in [0.3, 0.4) is 0 Å². The highest BCUT2D eigenvalue weighted by molar-refractivity contribution is 5.90. The summed E-state index contributed by atoms with van der Waals surface area (Å²) >= 11 is 0. The molecular formula is C37H60F3N3O10. The highest BCUT2D eigenvalue weighted by atomic mass is 19.4. The van der Waals surface area contributed by atoms with Gasteiger partial charge in [0.1, 0.15) is 11.7 Å². The van der Waals surface area contributed by atoms with E-state index in [0.29, 0.717) is 76.4 Å². The second-order valence-electron chi connectivity index (χ2n) is 12.2. The van der Waals surface area contributed by atoms with Gasteiger partial charge in [0, 0.05) is 11.9 Å². The maximum Gasteiger partial charge on any atom is 0.490 e. The van der Waals surface area contributed by atoms with Crippen LogP contribution >= 0.6 is 0 Å². The lowest BCUT2D eigenvalue weighted by Crippen LogP contribution is -2.25. The summed E-state index contributed by atoms with van der Waals surface area (Å²) in [5.74, 6) is -4.02. The Balaban J connectivity index is 0.00000181. The van der Waals surface area contributed by atoms with E-state index in [4.69, 9.17) is 44.1 Å². The van der Waals surface area contributed by atoms with Crippen LogP contribution < -0.4 is 5.73 Å². The van der Waals surface area contributed by atoms with Gasteiger partial charge in [-0.3, -0.25) is 4.79 Å². The minimum absolute atomic E-state index is 0.0364. The van der Waals surface area contributed by atoms with Crippen LogP contribution in [0.2, 0.25) is 0 Å². The number of aromatic nitrogens is 1. The molecule has 0 spiro atoms. The zero-order chi connectivity index (χ0) is 39.3. The van der Waals surface area contributed by atoms with Gasteiger partial charge in [0.25, 0.3) is 0 Å². The molecule has 2 rings (SSSR count). The van der Waals surface area contributed by atoms with E-state index in [1.54, 1.807) is 0 Å². The van der Waals surface area contributed by atoms with Crippen molar-refractivity contribution in [2.75, 3.05) is 105 Å². The number of ether oxygens (including phenoxy) is 6. The van der Waals surface area contributed by atoms with Crippen molar-refractivity contribution in [1.29, 1.82) is 0 Å². The zero-order valence-electron chi connectivity index (χ0n) is 31.5. The molecule has 13 nitrogen and oxygen atoms in total. The number of nitrogens with two attached hydrogens (primary N) is 1. The number of anilines is 1. The van der Waals surface area contributed by atoms with Gasteiger partial charge in [-0.25, -0.2) is 9.78 Å². The van der Waals surface area contributed by atoms with Crippen LogP contribution in [0.1, 0.15) is 69.4 Å². The molecule has 0 aliphatic rings. The first-order chi connectivity index (χ1) is 25.4. The maximum atomic E-state index is 12.2. The van der Waals surface area contributed by atoms with Crippen molar-refractivity contribution in [3.63, 3.8) is 0 Å². The number of aliphatic carboxylic acids is 2. The first kappa shape index (κ1) is 47.9. The van der Waals surface area contributed by atoms with Gasteiger partial charge in [-0.05, 0) is 56.1 Å². The molecule has 1 heterocycles. The normalized spacial score (nSPS) is 12.2. The smallest absolute Gasteiger partial charge is 0.481 e. The summed E-state index contributed by atoms with van der Waals surface area (Å²) < 4.78 is 65.2. The van der Waals surface area contributed by atoms with Crippen LogP contribution in [0.15, 0.2) is 24.3 Å². The number of alkyl halides is 3. The van der Waals surface area contributed by atoms with Gasteiger partial charge in [-0.2, -0.15) is 13.2 Å². The Bertz CT molecular complexity index is 1270. The summed E-state index contributed by atoms with van der Waals surface area (Å²) in [5, 5.41) is 17.9. The van der Waals surface area contributed by atoms with Crippen molar-refractivity contribution in [3.05, 3.63) is 35.4 Å². The molecule has 0 amide bonds. The van der Waals surface area contributed by atoms with Gasteiger partial charge in [0.2, 0.25) is 0 Å². The molecule has 4 N–H and O–H groups in total. The maximum absolute atomic E-state index is 12.2. The molecule has 2 aromatic rings. The van der Waals surface area contributed by atoms with Gasteiger partial charge in [0.05, 0.1) is 84.8 Å².